The van der Waals surface area contributed by atoms with Gasteiger partial charge in [0.25, 0.3) is 5.78 Å². The maximum Gasteiger partial charge on any atom is 0.377 e. The number of carbonyl (C=O) groups is 2. The summed E-state index contributed by atoms with van der Waals surface area (Å²) in [6, 6.07) is 3.34. The summed E-state index contributed by atoms with van der Waals surface area (Å²) in [6.07, 6.45) is 0. The number of Topliss-reactive ketones (excluding diaryl/α,β-unsaturated/α-hetero) is 1. The Labute approximate surface area is 115 Å². The van der Waals surface area contributed by atoms with Gasteiger partial charge in [-0.1, -0.05) is 0 Å². The largest absolute Gasteiger partial charge is 0.493 e. The van der Waals surface area contributed by atoms with Crippen LogP contribution in [0.5, 0.6) is 11.5 Å². The topological polar surface area (TPSA) is 77.8 Å². The quantitative estimate of drug-likeness (QED) is 0.680. The molecule has 0 bridgehead atoms. The van der Waals surface area contributed by atoms with Gasteiger partial charge in [-0.3, -0.25) is 4.79 Å². The highest BCUT2D eigenvalue weighted by Crippen LogP contribution is 2.36. The molecule has 2 aromatic rings. The van der Waals surface area contributed by atoms with Crippen LogP contribution in [0.1, 0.15) is 16.1 Å². The number of methoxy groups -OCH3 is 2. The highest BCUT2D eigenvalue weighted by molar-refractivity contribution is 6.42. The van der Waals surface area contributed by atoms with E-state index in [0.717, 1.165) is 0 Å². The van der Waals surface area contributed by atoms with Crippen molar-refractivity contribution in [3.63, 3.8) is 0 Å². The number of aromatic nitrogens is 1. The van der Waals surface area contributed by atoms with E-state index in [1.54, 1.807) is 30.7 Å². The van der Waals surface area contributed by atoms with Crippen LogP contribution in [0, 0.1) is 6.92 Å². The summed E-state index contributed by atoms with van der Waals surface area (Å²) in [5.74, 6) is -1.43. The van der Waals surface area contributed by atoms with E-state index in [1.807, 2.05) is 0 Å². The summed E-state index contributed by atoms with van der Waals surface area (Å²) >= 11 is 0. The van der Waals surface area contributed by atoms with Crippen molar-refractivity contribution in [1.82, 2.24) is 4.57 Å². The Morgan fingerprint density at radius 1 is 1.15 bits per heavy atom. The second-order valence-electron chi connectivity index (χ2n) is 4.38. The number of nitrogens with zero attached hydrogens (tertiary/aromatic N) is 1. The first-order chi connectivity index (χ1) is 9.42. The maximum absolute atomic E-state index is 11.9. The average molecular weight is 277 g/mol. The van der Waals surface area contributed by atoms with Gasteiger partial charge in [-0.25, -0.2) is 4.79 Å². The number of ether oxygens (including phenoxy) is 2. The normalized spacial score (nSPS) is 10.6. The predicted molar refractivity (Wildman–Crippen MR) is 72.7 cm³/mol. The van der Waals surface area contributed by atoms with Gasteiger partial charge in [0.1, 0.15) is 0 Å². The van der Waals surface area contributed by atoms with Gasteiger partial charge in [-0.2, -0.15) is 0 Å². The zero-order valence-electron chi connectivity index (χ0n) is 11.7. The number of hydrogen-bond donors (Lipinski definition) is 1. The fraction of sp³-hybridized carbons (Fsp3) is 0.286. The molecule has 1 heterocycles. The lowest BCUT2D eigenvalue weighted by Gasteiger charge is -2.08. The van der Waals surface area contributed by atoms with Gasteiger partial charge in [0, 0.05) is 24.2 Å². The zero-order chi connectivity index (χ0) is 15.0. The first-order valence-corrected chi connectivity index (χ1v) is 5.91. The van der Waals surface area contributed by atoms with E-state index in [-0.39, 0.29) is 5.56 Å². The number of carbonyl (C=O) groups excluding carboxylic acids is 1. The monoisotopic (exact) mass is 277 g/mol. The molecule has 1 N–H and O–H groups in total. The molecule has 0 aliphatic carbocycles. The summed E-state index contributed by atoms with van der Waals surface area (Å²) < 4.78 is 12.2. The Bertz CT molecular complexity index is 714. The molecule has 0 spiro atoms. The van der Waals surface area contributed by atoms with Gasteiger partial charge < -0.3 is 19.1 Å². The lowest BCUT2D eigenvalue weighted by atomic mass is 10.1. The smallest absolute Gasteiger partial charge is 0.377 e. The zero-order valence-corrected chi connectivity index (χ0v) is 11.7. The molecule has 1 aromatic carbocycles. The number of hydrogen-bond acceptors (Lipinski definition) is 4. The summed E-state index contributed by atoms with van der Waals surface area (Å²) in [5, 5.41) is 9.48. The van der Waals surface area contributed by atoms with Crippen molar-refractivity contribution in [2.24, 2.45) is 7.05 Å². The number of carboxylic acids is 1. The maximum atomic E-state index is 11.9. The lowest BCUT2D eigenvalue weighted by molar-refractivity contribution is -0.131. The van der Waals surface area contributed by atoms with E-state index >= 15 is 0 Å². The number of aliphatic carboxylic acids is 1. The molecule has 0 unspecified atom stereocenters. The lowest BCUT2D eigenvalue weighted by Crippen LogP contribution is -2.13. The van der Waals surface area contributed by atoms with Crippen molar-refractivity contribution in [2.75, 3.05) is 14.2 Å². The molecule has 0 saturated carbocycles. The van der Waals surface area contributed by atoms with Crippen molar-refractivity contribution in [3.8, 4) is 11.5 Å². The minimum atomic E-state index is -1.48. The molecule has 0 atom stereocenters. The van der Waals surface area contributed by atoms with Crippen LogP contribution in [0.15, 0.2) is 12.1 Å². The highest BCUT2D eigenvalue weighted by Gasteiger charge is 2.25. The first kappa shape index (κ1) is 13.9. The van der Waals surface area contributed by atoms with Crippen molar-refractivity contribution in [1.29, 1.82) is 0 Å². The number of benzene rings is 1. The highest BCUT2D eigenvalue weighted by atomic mass is 16.5. The number of carboxylic acid groups (broad SMARTS) is 1. The van der Waals surface area contributed by atoms with Crippen molar-refractivity contribution in [3.05, 3.63) is 23.4 Å². The van der Waals surface area contributed by atoms with Gasteiger partial charge >= 0.3 is 5.97 Å². The SMILES string of the molecule is COc1cc2c(C(=O)C(=O)O)c(C)n(C)c2cc1OC. The summed E-state index contributed by atoms with van der Waals surface area (Å²) in [5.41, 5.74) is 1.48. The third-order valence-electron chi connectivity index (χ3n) is 3.42. The summed E-state index contributed by atoms with van der Waals surface area (Å²) in [7, 11) is 4.77. The van der Waals surface area contributed by atoms with E-state index in [1.165, 1.54) is 14.2 Å². The Hall–Kier alpha value is -2.50. The molecular formula is C14H15NO5. The third-order valence-corrected chi connectivity index (χ3v) is 3.42. The van der Waals surface area contributed by atoms with Crippen LogP contribution >= 0.6 is 0 Å². The molecule has 0 aliphatic rings. The molecule has 106 valence electrons. The first-order valence-electron chi connectivity index (χ1n) is 5.91. The van der Waals surface area contributed by atoms with Crippen molar-refractivity contribution < 1.29 is 24.2 Å². The third kappa shape index (κ3) is 1.89. The van der Waals surface area contributed by atoms with Gasteiger partial charge in [-0.05, 0) is 13.0 Å². The van der Waals surface area contributed by atoms with Gasteiger partial charge in [0.15, 0.2) is 11.5 Å². The van der Waals surface area contributed by atoms with Crippen LogP contribution < -0.4 is 9.47 Å². The van der Waals surface area contributed by atoms with Crippen LogP contribution in [-0.4, -0.2) is 35.6 Å². The van der Waals surface area contributed by atoms with Gasteiger partial charge in [0.2, 0.25) is 0 Å². The number of ketones is 1. The fourth-order valence-corrected chi connectivity index (χ4v) is 2.28. The second-order valence-corrected chi connectivity index (χ2v) is 4.38. The molecule has 0 radical (unpaired) electrons. The molecule has 20 heavy (non-hydrogen) atoms. The summed E-state index contributed by atoms with van der Waals surface area (Å²) in [4.78, 5) is 22.8. The second kappa shape index (κ2) is 4.88. The van der Waals surface area contributed by atoms with Crippen molar-refractivity contribution in [2.45, 2.75) is 6.92 Å². The van der Waals surface area contributed by atoms with Gasteiger partial charge in [0.05, 0.1) is 25.3 Å². The number of aryl methyl sites for hydroxylation is 1. The van der Waals surface area contributed by atoms with E-state index in [0.29, 0.717) is 28.1 Å². The molecule has 0 fully saturated rings. The minimum Gasteiger partial charge on any atom is -0.493 e. The molecule has 1 aromatic heterocycles. The minimum absolute atomic E-state index is 0.177. The number of rotatable bonds is 4. The van der Waals surface area contributed by atoms with Crippen LogP contribution in [0.2, 0.25) is 0 Å². The van der Waals surface area contributed by atoms with E-state index in [2.05, 4.69) is 0 Å². The van der Waals surface area contributed by atoms with E-state index in [4.69, 9.17) is 14.6 Å². The molecule has 6 nitrogen and oxygen atoms in total. The van der Waals surface area contributed by atoms with Crippen LogP contribution in [0.3, 0.4) is 0 Å². The predicted octanol–water partition coefficient (Wildman–Crippen LogP) is 1.77. The molecule has 0 saturated heterocycles. The Morgan fingerprint density at radius 2 is 1.70 bits per heavy atom. The number of fused-ring (bicyclic) bond motifs is 1. The standard InChI is InChI=1S/C14H15NO5/c1-7-12(13(16)14(17)18)8-5-10(19-3)11(20-4)6-9(8)15(7)2/h5-6H,1-4H3,(H,17,18). The van der Waals surface area contributed by atoms with Gasteiger partial charge in [-0.15, -0.1) is 0 Å². The molecule has 0 aliphatic heterocycles. The Balaban J connectivity index is 2.86. The molecule has 6 heteroatoms. The average Bonchev–Trinajstić information content (AvgIpc) is 2.68. The summed E-state index contributed by atoms with van der Waals surface area (Å²) in [6.45, 7) is 1.70. The molecule has 0 amide bonds. The fourth-order valence-electron chi connectivity index (χ4n) is 2.28. The Morgan fingerprint density at radius 3 is 2.20 bits per heavy atom. The van der Waals surface area contributed by atoms with Crippen LogP contribution in [-0.2, 0) is 11.8 Å². The molecule has 2 rings (SSSR count). The Kier molecular flexibility index (Phi) is 3.40. The molecular weight excluding hydrogens is 262 g/mol. The van der Waals surface area contributed by atoms with Crippen LogP contribution in [0.25, 0.3) is 10.9 Å². The van der Waals surface area contributed by atoms with Crippen LogP contribution in [0.4, 0.5) is 0 Å². The van der Waals surface area contributed by atoms with E-state index in [9.17, 15) is 9.59 Å². The van der Waals surface area contributed by atoms with Crippen molar-refractivity contribution >= 4 is 22.7 Å². The van der Waals surface area contributed by atoms with E-state index < -0.39 is 11.8 Å².